The Morgan fingerprint density at radius 3 is 3.00 bits per heavy atom. The molecule has 1 amide bonds. The van der Waals surface area contributed by atoms with Crippen LogP contribution in [0.3, 0.4) is 0 Å². The van der Waals surface area contributed by atoms with Gasteiger partial charge in [-0.15, -0.1) is 0 Å². The average Bonchev–Trinajstić information content (AvgIpc) is 1.88. The van der Waals surface area contributed by atoms with E-state index in [2.05, 4.69) is 5.32 Å². The van der Waals surface area contributed by atoms with Gasteiger partial charge in [-0.3, -0.25) is 4.79 Å². The minimum atomic E-state index is -0.730. The lowest BCUT2D eigenvalue weighted by molar-refractivity contribution is -0.128. The number of carbonyl (C=O) groups excluding carboxylic acids is 1. The summed E-state index contributed by atoms with van der Waals surface area (Å²) in [6.07, 6.45) is 0.453. The van der Waals surface area contributed by atoms with E-state index in [-0.39, 0.29) is 11.8 Å². The van der Waals surface area contributed by atoms with E-state index in [0.717, 1.165) is 0 Å². The first-order valence-corrected chi connectivity index (χ1v) is 3.41. The van der Waals surface area contributed by atoms with Crippen LogP contribution >= 0.6 is 0 Å². The summed E-state index contributed by atoms with van der Waals surface area (Å²) in [7, 11) is 0. The van der Waals surface area contributed by atoms with Crippen LogP contribution in [0.25, 0.3) is 0 Å². The van der Waals surface area contributed by atoms with Gasteiger partial charge in [0.25, 0.3) is 0 Å². The van der Waals surface area contributed by atoms with Crippen molar-refractivity contribution in [3.63, 3.8) is 0 Å². The number of aliphatic hydroxyl groups is 1. The number of hydrogen-bond acceptors (Lipinski definition) is 3. The minimum Gasteiger partial charge on any atom is -0.373 e. The highest BCUT2D eigenvalue weighted by Crippen LogP contribution is 2.13. The zero-order valence-electron chi connectivity index (χ0n) is 5.71. The summed E-state index contributed by atoms with van der Waals surface area (Å²) in [5.74, 6) is -0.0464. The number of nitrogens with two attached hydrogens (primary N) is 1. The fourth-order valence-electron chi connectivity index (χ4n) is 1.08. The monoisotopic (exact) mass is 144 g/mol. The van der Waals surface area contributed by atoms with Crippen molar-refractivity contribution in [3.8, 4) is 0 Å². The Balaban J connectivity index is 2.43. The lowest BCUT2D eigenvalue weighted by atomic mass is 9.97. The van der Waals surface area contributed by atoms with Crippen molar-refractivity contribution < 1.29 is 9.90 Å². The Hall–Kier alpha value is -0.610. The summed E-state index contributed by atoms with van der Waals surface area (Å²) in [5, 5.41) is 11.5. The van der Waals surface area contributed by atoms with Crippen LogP contribution in [-0.4, -0.2) is 23.8 Å². The predicted octanol–water partition coefficient (Wildman–Crippen LogP) is -1.21. The second kappa shape index (κ2) is 2.98. The zero-order valence-corrected chi connectivity index (χ0v) is 5.71. The normalized spacial score (nSPS) is 33.6. The zero-order chi connectivity index (χ0) is 7.56. The van der Waals surface area contributed by atoms with Crippen molar-refractivity contribution in [3.05, 3.63) is 0 Å². The summed E-state index contributed by atoms with van der Waals surface area (Å²) in [6, 6.07) is 0. The average molecular weight is 144 g/mol. The second-order valence-electron chi connectivity index (χ2n) is 2.55. The highest BCUT2D eigenvalue weighted by Gasteiger charge is 2.24. The van der Waals surface area contributed by atoms with Crippen molar-refractivity contribution >= 4 is 5.91 Å². The van der Waals surface area contributed by atoms with E-state index in [4.69, 9.17) is 10.8 Å². The van der Waals surface area contributed by atoms with E-state index in [1.54, 1.807) is 0 Å². The van der Waals surface area contributed by atoms with Crippen LogP contribution in [0.2, 0.25) is 0 Å². The third-order valence-corrected chi connectivity index (χ3v) is 1.80. The quantitative estimate of drug-likeness (QED) is 0.432. The number of hydrogen-bond donors (Lipinski definition) is 3. The molecule has 0 aromatic heterocycles. The highest BCUT2D eigenvalue weighted by atomic mass is 16.3. The number of piperidine rings is 1. The van der Waals surface area contributed by atoms with Crippen molar-refractivity contribution in [2.24, 2.45) is 11.7 Å². The van der Waals surface area contributed by atoms with Crippen molar-refractivity contribution in [1.29, 1.82) is 0 Å². The van der Waals surface area contributed by atoms with Crippen molar-refractivity contribution in [2.75, 3.05) is 6.54 Å². The van der Waals surface area contributed by atoms with E-state index < -0.39 is 6.23 Å². The Labute approximate surface area is 59.4 Å². The maximum Gasteiger partial charge on any atom is 0.221 e. The molecule has 1 aliphatic heterocycles. The molecular formula is C6H12N2O2. The van der Waals surface area contributed by atoms with E-state index >= 15 is 0 Å². The molecule has 0 saturated carbocycles. The van der Waals surface area contributed by atoms with Gasteiger partial charge in [0, 0.05) is 12.3 Å². The van der Waals surface area contributed by atoms with Crippen LogP contribution in [0.5, 0.6) is 0 Å². The Morgan fingerprint density at radius 1 is 1.80 bits per heavy atom. The summed E-state index contributed by atoms with van der Waals surface area (Å²) in [4.78, 5) is 10.6. The van der Waals surface area contributed by atoms with E-state index in [1.165, 1.54) is 0 Å². The molecular weight excluding hydrogens is 132 g/mol. The molecule has 10 heavy (non-hydrogen) atoms. The summed E-state index contributed by atoms with van der Waals surface area (Å²) in [5.41, 5.74) is 5.33. The van der Waals surface area contributed by atoms with Crippen LogP contribution < -0.4 is 11.1 Å². The first kappa shape index (κ1) is 7.50. The molecule has 1 heterocycles. The van der Waals surface area contributed by atoms with Crippen molar-refractivity contribution in [2.45, 2.75) is 19.1 Å². The van der Waals surface area contributed by atoms with Gasteiger partial charge >= 0.3 is 0 Å². The summed E-state index contributed by atoms with van der Waals surface area (Å²) in [6.45, 7) is 0.432. The molecule has 0 bridgehead atoms. The third kappa shape index (κ3) is 1.46. The molecule has 4 N–H and O–H groups in total. The van der Waals surface area contributed by atoms with Gasteiger partial charge in [-0.05, 0) is 13.0 Å². The van der Waals surface area contributed by atoms with E-state index in [1.807, 2.05) is 0 Å². The predicted molar refractivity (Wildman–Crippen MR) is 35.9 cm³/mol. The van der Waals surface area contributed by atoms with Gasteiger partial charge in [0.05, 0.1) is 0 Å². The standard InChI is InChI=1S/C6H12N2O2/c7-3-4-1-2-5(9)8-6(4)10/h4,6,10H,1-3,7H2,(H,8,9). The van der Waals surface area contributed by atoms with Gasteiger partial charge in [0.15, 0.2) is 0 Å². The van der Waals surface area contributed by atoms with Crippen LogP contribution in [-0.2, 0) is 4.79 Å². The summed E-state index contributed by atoms with van der Waals surface area (Å²) < 4.78 is 0. The number of rotatable bonds is 1. The minimum absolute atomic E-state index is 0.0395. The Morgan fingerprint density at radius 2 is 2.50 bits per heavy atom. The van der Waals surface area contributed by atoms with Gasteiger partial charge in [-0.25, -0.2) is 0 Å². The lowest BCUT2D eigenvalue weighted by Crippen LogP contribution is -2.47. The molecule has 1 rings (SSSR count). The van der Waals surface area contributed by atoms with Gasteiger partial charge < -0.3 is 16.2 Å². The third-order valence-electron chi connectivity index (χ3n) is 1.80. The molecule has 2 atom stereocenters. The molecule has 0 aromatic carbocycles. The molecule has 1 saturated heterocycles. The molecule has 4 nitrogen and oxygen atoms in total. The fourth-order valence-corrected chi connectivity index (χ4v) is 1.08. The topological polar surface area (TPSA) is 75.4 Å². The lowest BCUT2D eigenvalue weighted by Gasteiger charge is -2.26. The smallest absolute Gasteiger partial charge is 0.221 e. The molecule has 0 spiro atoms. The number of aliphatic hydroxyl groups excluding tert-OH is 1. The molecule has 4 heteroatoms. The van der Waals surface area contributed by atoms with Crippen LogP contribution in [0.1, 0.15) is 12.8 Å². The first-order valence-electron chi connectivity index (χ1n) is 3.41. The molecule has 2 unspecified atom stereocenters. The molecule has 1 aliphatic rings. The Bertz CT molecular complexity index is 138. The van der Waals surface area contributed by atoms with Crippen LogP contribution in [0.15, 0.2) is 0 Å². The molecule has 0 aliphatic carbocycles. The summed E-state index contributed by atoms with van der Waals surface area (Å²) >= 11 is 0. The van der Waals surface area contributed by atoms with Crippen molar-refractivity contribution in [1.82, 2.24) is 5.32 Å². The van der Waals surface area contributed by atoms with Gasteiger partial charge in [0.1, 0.15) is 6.23 Å². The maximum atomic E-state index is 10.6. The van der Waals surface area contributed by atoms with Crippen LogP contribution in [0.4, 0.5) is 0 Å². The maximum absolute atomic E-state index is 10.6. The molecule has 58 valence electrons. The molecule has 0 radical (unpaired) electrons. The first-order chi connectivity index (χ1) is 4.74. The van der Waals surface area contributed by atoms with Gasteiger partial charge in [-0.1, -0.05) is 0 Å². The SMILES string of the molecule is NCC1CCC(=O)NC1O. The van der Waals surface area contributed by atoms with E-state index in [9.17, 15) is 4.79 Å². The fraction of sp³-hybridized carbons (Fsp3) is 0.833. The highest BCUT2D eigenvalue weighted by molar-refractivity contribution is 5.76. The van der Waals surface area contributed by atoms with Gasteiger partial charge in [-0.2, -0.15) is 0 Å². The second-order valence-corrected chi connectivity index (χ2v) is 2.55. The molecule has 0 aromatic rings. The molecule has 1 fully saturated rings. The number of amides is 1. The largest absolute Gasteiger partial charge is 0.373 e. The van der Waals surface area contributed by atoms with Gasteiger partial charge in [0.2, 0.25) is 5.91 Å². The Kier molecular flexibility index (Phi) is 2.24. The number of nitrogens with one attached hydrogen (secondary N) is 1. The number of carbonyl (C=O) groups is 1. The van der Waals surface area contributed by atoms with E-state index in [0.29, 0.717) is 19.4 Å². The van der Waals surface area contributed by atoms with Crippen LogP contribution in [0, 0.1) is 5.92 Å².